The number of aromatic nitrogens is 1. The molecule has 112 valence electrons. The molecule has 0 amide bonds. The van der Waals surface area contributed by atoms with Crippen molar-refractivity contribution >= 4 is 0 Å². The lowest BCUT2D eigenvalue weighted by Crippen LogP contribution is -2.36. The summed E-state index contributed by atoms with van der Waals surface area (Å²) in [5, 5.41) is 3.68. The minimum absolute atomic E-state index is 0.517. The van der Waals surface area contributed by atoms with E-state index >= 15 is 0 Å². The lowest BCUT2D eigenvalue weighted by atomic mass is 9.69. The standard InChI is InChI=1S/C18H30N2/c1-5-18(3,4)15-7-10-16(11-8-15)20-13-17-9-6-14(2)12-19-17/h6,9,12,15-16,20H,5,7-8,10-11,13H2,1-4H3. The highest BCUT2D eigenvalue weighted by Crippen LogP contribution is 2.40. The second-order valence-electron chi connectivity index (χ2n) is 7.10. The zero-order chi connectivity index (χ0) is 14.6. The van der Waals surface area contributed by atoms with E-state index in [9.17, 15) is 0 Å². The highest BCUT2D eigenvalue weighted by molar-refractivity contribution is 5.12. The Morgan fingerprint density at radius 3 is 2.45 bits per heavy atom. The molecule has 0 aromatic carbocycles. The maximum atomic E-state index is 4.47. The van der Waals surface area contributed by atoms with Crippen molar-refractivity contribution in [3.8, 4) is 0 Å². The van der Waals surface area contributed by atoms with Crippen LogP contribution >= 0.6 is 0 Å². The number of hydrogen-bond donors (Lipinski definition) is 1. The van der Waals surface area contributed by atoms with E-state index < -0.39 is 0 Å². The van der Waals surface area contributed by atoms with Gasteiger partial charge >= 0.3 is 0 Å². The van der Waals surface area contributed by atoms with E-state index in [-0.39, 0.29) is 0 Å². The van der Waals surface area contributed by atoms with Crippen LogP contribution in [0.2, 0.25) is 0 Å². The van der Waals surface area contributed by atoms with Gasteiger partial charge in [0.15, 0.2) is 0 Å². The van der Waals surface area contributed by atoms with Gasteiger partial charge in [0.05, 0.1) is 5.69 Å². The molecule has 2 nitrogen and oxygen atoms in total. The van der Waals surface area contributed by atoms with E-state index in [1.165, 1.54) is 37.7 Å². The summed E-state index contributed by atoms with van der Waals surface area (Å²) in [6, 6.07) is 4.96. The van der Waals surface area contributed by atoms with Crippen LogP contribution in [0.4, 0.5) is 0 Å². The van der Waals surface area contributed by atoms with Crippen molar-refractivity contribution in [2.75, 3.05) is 0 Å². The predicted octanol–water partition coefficient (Wildman–Crippen LogP) is 4.47. The normalized spacial score (nSPS) is 23.8. The molecule has 2 rings (SSSR count). The molecule has 0 radical (unpaired) electrons. The van der Waals surface area contributed by atoms with Gasteiger partial charge < -0.3 is 5.32 Å². The molecule has 2 heteroatoms. The number of pyridine rings is 1. The molecule has 1 aliphatic rings. The Morgan fingerprint density at radius 2 is 1.90 bits per heavy atom. The molecular weight excluding hydrogens is 244 g/mol. The van der Waals surface area contributed by atoms with Gasteiger partial charge in [-0.15, -0.1) is 0 Å². The monoisotopic (exact) mass is 274 g/mol. The molecule has 1 aromatic heterocycles. The van der Waals surface area contributed by atoms with Crippen molar-refractivity contribution in [1.29, 1.82) is 0 Å². The fourth-order valence-corrected chi connectivity index (χ4v) is 3.22. The molecule has 1 aliphatic carbocycles. The van der Waals surface area contributed by atoms with Gasteiger partial charge in [0.25, 0.3) is 0 Å². The fourth-order valence-electron chi connectivity index (χ4n) is 3.22. The van der Waals surface area contributed by atoms with E-state index in [0.717, 1.165) is 18.2 Å². The van der Waals surface area contributed by atoms with Crippen molar-refractivity contribution in [2.24, 2.45) is 11.3 Å². The number of nitrogens with one attached hydrogen (secondary N) is 1. The summed E-state index contributed by atoms with van der Waals surface area (Å²) in [4.78, 5) is 4.47. The number of aryl methyl sites for hydroxylation is 1. The van der Waals surface area contributed by atoms with E-state index in [1.807, 2.05) is 6.20 Å². The van der Waals surface area contributed by atoms with Crippen molar-refractivity contribution in [2.45, 2.75) is 72.4 Å². The summed E-state index contributed by atoms with van der Waals surface area (Å²) in [5.41, 5.74) is 2.91. The first-order valence-corrected chi connectivity index (χ1v) is 8.16. The Kier molecular flexibility index (Phi) is 5.20. The maximum absolute atomic E-state index is 4.47. The van der Waals surface area contributed by atoms with Crippen molar-refractivity contribution in [1.82, 2.24) is 10.3 Å². The van der Waals surface area contributed by atoms with E-state index in [1.54, 1.807) is 0 Å². The van der Waals surface area contributed by atoms with Gasteiger partial charge in [-0.1, -0.05) is 33.3 Å². The van der Waals surface area contributed by atoms with E-state index in [2.05, 4.69) is 50.1 Å². The molecule has 0 saturated heterocycles. The molecule has 1 N–H and O–H groups in total. The molecule has 0 bridgehead atoms. The highest BCUT2D eigenvalue weighted by Gasteiger charge is 2.31. The van der Waals surface area contributed by atoms with E-state index in [4.69, 9.17) is 0 Å². The van der Waals surface area contributed by atoms with Gasteiger partial charge in [0.2, 0.25) is 0 Å². The van der Waals surface area contributed by atoms with Crippen LogP contribution in [0.25, 0.3) is 0 Å². The first-order valence-electron chi connectivity index (χ1n) is 8.16. The topological polar surface area (TPSA) is 24.9 Å². The van der Waals surface area contributed by atoms with Gasteiger partial charge in [0.1, 0.15) is 0 Å². The Labute approximate surface area is 124 Å². The van der Waals surface area contributed by atoms with Gasteiger partial charge in [-0.3, -0.25) is 4.98 Å². The molecular formula is C18H30N2. The maximum Gasteiger partial charge on any atom is 0.0541 e. The SMILES string of the molecule is CCC(C)(C)C1CCC(NCc2ccc(C)cn2)CC1. The van der Waals surface area contributed by atoms with Crippen LogP contribution in [-0.2, 0) is 6.54 Å². The van der Waals surface area contributed by atoms with Crippen LogP contribution in [0.5, 0.6) is 0 Å². The molecule has 1 fully saturated rings. The molecule has 0 unspecified atom stereocenters. The van der Waals surface area contributed by atoms with Crippen molar-refractivity contribution in [3.63, 3.8) is 0 Å². The summed E-state index contributed by atoms with van der Waals surface area (Å²) < 4.78 is 0. The average molecular weight is 274 g/mol. The summed E-state index contributed by atoms with van der Waals surface area (Å²) in [6.07, 6.45) is 8.64. The highest BCUT2D eigenvalue weighted by atomic mass is 14.9. The molecule has 1 saturated carbocycles. The van der Waals surface area contributed by atoms with Crippen molar-refractivity contribution < 1.29 is 0 Å². The van der Waals surface area contributed by atoms with Crippen LogP contribution in [0.1, 0.15) is 64.1 Å². The van der Waals surface area contributed by atoms with Gasteiger partial charge in [0, 0.05) is 18.8 Å². The van der Waals surface area contributed by atoms with Crippen LogP contribution in [0.3, 0.4) is 0 Å². The third kappa shape index (κ3) is 4.05. The van der Waals surface area contributed by atoms with E-state index in [0.29, 0.717) is 11.5 Å². The molecule has 0 spiro atoms. The number of hydrogen-bond acceptors (Lipinski definition) is 2. The largest absolute Gasteiger partial charge is 0.308 e. The molecule has 0 aliphatic heterocycles. The quantitative estimate of drug-likeness (QED) is 0.856. The lowest BCUT2D eigenvalue weighted by Gasteiger charge is -2.39. The summed E-state index contributed by atoms with van der Waals surface area (Å²) >= 11 is 0. The fraction of sp³-hybridized carbons (Fsp3) is 0.722. The zero-order valence-corrected chi connectivity index (χ0v) is 13.6. The first-order chi connectivity index (χ1) is 9.51. The van der Waals surface area contributed by atoms with Crippen molar-refractivity contribution in [3.05, 3.63) is 29.6 Å². The second kappa shape index (κ2) is 6.71. The van der Waals surface area contributed by atoms with Crippen LogP contribution in [0.15, 0.2) is 18.3 Å². The molecule has 1 heterocycles. The minimum atomic E-state index is 0.517. The molecule has 1 aromatic rings. The molecule has 0 atom stereocenters. The number of nitrogens with zero attached hydrogens (tertiary/aromatic N) is 1. The van der Waals surface area contributed by atoms with Gasteiger partial charge in [-0.2, -0.15) is 0 Å². The van der Waals surface area contributed by atoms with Gasteiger partial charge in [-0.05, 0) is 55.6 Å². The predicted molar refractivity (Wildman–Crippen MR) is 85.6 cm³/mol. The Balaban J connectivity index is 1.76. The average Bonchev–Trinajstić information content (AvgIpc) is 2.47. The smallest absolute Gasteiger partial charge is 0.0541 e. The summed E-state index contributed by atoms with van der Waals surface area (Å²) in [6.45, 7) is 10.2. The second-order valence-corrected chi connectivity index (χ2v) is 7.10. The first kappa shape index (κ1) is 15.5. The lowest BCUT2D eigenvalue weighted by molar-refractivity contribution is 0.136. The van der Waals surface area contributed by atoms with Gasteiger partial charge in [-0.25, -0.2) is 0 Å². The zero-order valence-electron chi connectivity index (χ0n) is 13.6. The Bertz CT molecular complexity index is 400. The van der Waals surface area contributed by atoms with Crippen LogP contribution in [-0.4, -0.2) is 11.0 Å². The third-order valence-corrected chi connectivity index (χ3v) is 5.29. The summed E-state index contributed by atoms with van der Waals surface area (Å²) in [5.74, 6) is 0.906. The van der Waals surface area contributed by atoms with Crippen LogP contribution < -0.4 is 5.32 Å². The van der Waals surface area contributed by atoms with Crippen LogP contribution in [0, 0.1) is 18.3 Å². The Hall–Kier alpha value is -0.890. The number of rotatable bonds is 5. The third-order valence-electron chi connectivity index (χ3n) is 5.29. The Morgan fingerprint density at radius 1 is 1.20 bits per heavy atom. The molecule has 20 heavy (non-hydrogen) atoms. The summed E-state index contributed by atoms with van der Waals surface area (Å²) in [7, 11) is 0. The minimum Gasteiger partial charge on any atom is -0.308 e.